The van der Waals surface area contributed by atoms with Crippen LogP contribution in [0, 0.1) is 0 Å². The first-order valence-electron chi connectivity index (χ1n) is 15.6. The number of Topliss-reactive ketones (excluding diaryl/α,β-unsaturated/α-hetero) is 2. The second-order valence-electron chi connectivity index (χ2n) is 11.1. The Labute approximate surface area is 234 Å². The minimum absolute atomic E-state index is 0.0217. The van der Waals surface area contributed by atoms with E-state index < -0.39 is 28.7 Å². The minimum Gasteiger partial charge on any atom is -0.382 e. The Hall–Kier alpha value is -0.430. The van der Waals surface area contributed by atoms with Crippen molar-refractivity contribution in [2.75, 3.05) is 0 Å². The molecule has 3 N–H and O–H groups in total. The van der Waals surface area contributed by atoms with Gasteiger partial charge in [-0.2, -0.15) is 0 Å². The molecular formula is C31H60O5S. The SMILES string of the molecule is CCCCCCCCCCCCCC(=O)C(O)C(O)(C(=O)CCCCCCCCCCCCC)C(O)S. The van der Waals surface area contributed by atoms with Gasteiger partial charge in [0.2, 0.25) is 0 Å². The molecule has 0 fully saturated rings. The summed E-state index contributed by atoms with van der Waals surface area (Å²) in [6.07, 6.45) is 23.4. The van der Waals surface area contributed by atoms with Gasteiger partial charge in [0.05, 0.1) is 0 Å². The summed E-state index contributed by atoms with van der Waals surface area (Å²) in [4.78, 5) is 25.2. The van der Waals surface area contributed by atoms with Gasteiger partial charge in [0, 0.05) is 12.8 Å². The fourth-order valence-electron chi connectivity index (χ4n) is 4.93. The Morgan fingerprint density at radius 3 is 1.19 bits per heavy atom. The van der Waals surface area contributed by atoms with Crippen LogP contribution in [0.4, 0.5) is 0 Å². The third-order valence-electron chi connectivity index (χ3n) is 7.60. The van der Waals surface area contributed by atoms with Gasteiger partial charge in [-0.15, -0.1) is 12.6 Å². The van der Waals surface area contributed by atoms with E-state index in [0.29, 0.717) is 12.8 Å². The van der Waals surface area contributed by atoms with Crippen molar-refractivity contribution >= 4 is 24.2 Å². The van der Waals surface area contributed by atoms with Crippen LogP contribution in [0.15, 0.2) is 0 Å². The van der Waals surface area contributed by atoms with Crippen molar-refractivity contribution in [3.8, 4) is 0 Å². The van der Waals surface area contributed by atoms with Crippen LogP contribution in [0.2, 0.25) is 0 Å². The van der Waals surface area contributed by atoms with Gasteiger partial charge < -0.3 is 15.3 Å². The Morgan fingerprint density at radius 1 is 0.568 bits per heavy atom. The lowest BCUT2D eigenvalue weighted by Crippen LogP contribution is -2.59. The molecule has 5 nitrogen and oxygen atoms in total. The third kappa shape index (κ3) is 17.7. The number of thiol groups is 1. The summed E-state index contributed by atoms with van der Waals surface area (Å²) in [7, 11) is 0. The van der Waals surface area contributed by atoms with Gasteiger partial charge in [-0.05, 0) is 12.8 Å². The van der Waals surface area contributed by atoms with Crippen LogP contribution >= 0.6 is 12.6 Å². The lowest BCUT2D eigenvalue weighted by molar-refractivity contribution is -0.169. The number of unbranched alkanes of at least 4 members (excludes halogenated alkanes) is 20. The minimum atomic E-state index is -2.55. The zero-order valence-corrected chi connectivity index (χ0v) is 25.1. The fourth-order valence-corrected chi connectivity index (χ4v) is 5.22. The molecule has 0 heterocycles. The molecule has 0 aliphatic carbocycles. The van der Waals surface area contributed by atoms with E-state index in [1.54, 1.807) is 0 Å². The molecule has 3 unspecified atom stereocenters. The lowest BCUT2D eigenvalue weighted by Gasteiger charge is -2.32. The summed E-state index contributed by atoms with van der Waals surface area (Å²) in [6, 6.07) is 0. The van der Waals surface area contributed by atoms with Crippen molar-refractivity contribution in [1.29, 1.82) is 0 Å². The molecular weight excluding hydrogens is 484 g/mol. The van der Waals surface area contributed by atoms with Crippen LogP contribution in [-0.2, 0) is 9.59 Å². The van der Waals surface area contributed by atoms with E-state index in [-0.39, 0.29) is 12.8 Å². The maximum absolute atomic E-state index is 12.7. The number of aliphatic hydroxyl groups is 3. The van der Waals surface area contributed by atoms with Gasteiger partial charge >= 0.3 is 0 Å². The van der Waals surface area contributed by atoms with Gasteiger partial charge in [-0.1, -0.05) is 142 Å². The number of rotatable bonds is 28. The van der Waals surface area contributed by atoms with E-state index in [4.69, 9.17) is 0 Å². The van der Waals surface area contributed by atoms with Crippen LogP contribution in [0.5, 0.6) is 0 Å². The monoisotopic (exact) mass is 544 g/mol. The number of ketones is 2. The van der Waals surface area contributed by atoms with E-state index in [9.17, 15) is 24.9 Å². The smallest absolute Gasteiger partial charge is 0.191 e. The van der Waals surface area contributed by atoms with E-state index in [1.165, 1.54) is 89.9 Å². The molecule has 0 bridgehead atoms. The lowest BCUT2D eigenvalue weighted by atomic mass is 9.85. The summed E-state index contributed by atoms with van der Waals surface area (Å²) in [5.74, 6) is -1.30. The first-order chi connectivity index (χ1) is 17.8. The molecule has 0 rings (SSSR count). The van der Waals surface area contributed by atoms with E-state index in [0.717, 1.165) is 38.5 Å². The van der Waals surface area contributed by atoms with Gasteiger partial charge in [-0.25, -0.2) is 0 Å². The Morgan fingerprint density at radius 2 is 0.865 bits per heavy atom. The van der Waals surface area contributed by atoms with Crippen molar-refractivity contribution in [3.63, 3.8) is 0 Å². The molecule has 220 valence electrons. The number of hydrogen-bond donors (Lipinski definition) is 4. The Balaban J connectivity index is 4.11. The highest BCUT2D eigenvalue weighted by molar-refractivity contribution is 7.80. The zero-order valence-electron chi connectivity index (χ0n) is 24.2. The van der Waals surface area contributed by atoms with E-state index >= 15 is 0 Å². The second-order valence-corrected chi connectivity index (χ2v) is 11.6. The summed E-state index contributed by atoms with van der Waals surface area (Å²) in [5, 5.41) is 31.3. The van der Waals surface area contributed by atoms with E-state index in [2.05, 4.69) is 26.5 Å². The molecule has 6 heteroatoms. The van der Waals surface area contributed by atoms with Crippen LogP contribution in [0.25, 0.3) is 0 Å². The highest BCUT2D eigenvalue weighted by Crippen LogP contribution is 2.25. The van der Waals surface area contributed by atoms with Crippen LogP contribution < -0.4 is 0 Å². The zero-order chi connectivity index (χ0) is 27.8. The van der Waals surface area contributed by atoms with Crippen molar-refractivity contribution in [2.24, 2.45) is 0 Å². The van der Waals surface area contributed by atoms with Crippen LogP contribution in [0.1, 0.15) is 168 Å². The average Bonchev–Trinajstić information content (AvgIpc) is 2.88. The maximum atomic E-state index is 12.7. The normalized spacial score (nSPS) is 14.9. The second kappa shape index (κ2) is 24.6. The quantitative estimate of drug-likeness (QED) is 0.0457. The molecule has 3 atom stereocenters. The van der Waals surface area contributed by atoms with Gasteiger partial charge in [0.1, 0.15) is 5.44 Å². The van der Waals surface area contributed by atoms with Crippen molar-refractivity contribution < 1.29 is 24.9 Å². The predicted octanol–water partition coefficient (Wildman–Crippen LogP) is 7.87. The molecule has 0 saturated heterocycles. The summed E-state index contributed by atoms with van der Waals surface area (Å²) in [5.41, 5.74) is -4.35. The maximum Gasteiger partial charge on any atom is 0.191 e. The van der Waals surface area contributed by atoms with Crippen LogP contribution in [-0.4, -0.2) is 44.0 Å². The average molecular weight is 545 g/mol. The highest BCUT2D eigenvalue weighted by Gasteiger charge is 2.50. The Kier molecular flexibility index (Phi) is 24.3. The molecule has 0 aliphatic rings. The van der Waals surface area contributed by atoms with Crippen molar-refractivity contribution in [3.05, 3.63) is 0 Å². The van der Waals surface area contributed by atoms with Crippen molar-refractivity contribution in [2.45, 2.75) is 185 Å². The topological polar surface area (TPSA) is 94.8 Å². The number of carbonyl (C=O) groups excluding carboxylic acids is 2. The molecule has 0 saturated carbocycles. The largest absolute Gasteiger partial charge is 0.382 e. The molecule has 0 aromatic rings. The highest BCUT2D eigenvalue weighted by atomic mass is 32.1. The fraction of sp³-hybridized carbons (Fsp3) is 0.935. The summed E-state index contributed by atoms with van der Waals surface area (Å²) in [6.45, 7) is 4.45. The van der Waals surface area contributed by atoms with Gasteiger partial charge in [0.15, 0.2) is 23.3 Å². The molecule has 37 heavy (non-hydrogen) atoms. The molecule has 0 radical (unpaired) electrons. The van der Waals surface area contributed by atoms with Crippen LogP contribution in [0.3, 0.4) is 0 Å². The Bertz CT molecular complexity index is 554. The standard InChI is InChI=1S/C31H60O5S/c1-3-5-7-9-11-13-15-17-19-21-23-25-27(32)29(34)31(36,30(35)37)28(33)26-24-22-20-18-16-14-12-10-8-6-4-2/h29-30,34-37H,3-26H2,1-2H3. The van der Waals surface area contributed by atoms with Gasteiger partial charge in [0.25, 0.3) is 0 Å². The molecule has 0 aliphatic heterocycles. The predicted molar refractivity (Wildman–Crippen MR) is 158 cm³/mol. The van der Waals surface area contributed by atoms with Gasteiger partial charge in [-0.3, -0.25) is 9.59 Å². The third-order valence-corrected chi connectivity index (χ3v) is 7.99. The number of carbonyl (C=O) groups is 2. The van der Waals surface area contributed by atoms with Crippen molar-refractivity contribution in [1.82, 2.24) is 0 Å². The molecule has 0 aromatic carbocycles. The molecule has 0 amide bonds. The van der Waals surface area contributed by atoms with E-state index in [1.807, 2.05) is 0 Å². The molecule has 0 aromatic heterocycles. The summed E-state index contributed by atoms with van der Waals surface area (Å²) >= 11 is 3.84. The summed E-state index contributed by atoms with van der Waals surface area (Å²) < 4.78 is 0. The first-order valence-corrected chi connectivity index (χ1v) is 16.2. The number of hydrogen-bond acceptors (Lipinski definition) is 6. The first kappa shape index (κ1) is 36.6. The number of aliphatic hydroxyl groups excluding tert-OH is 2. The molecule has 0 spiro atoms.